The summed E-state index contributed by atoms with van der Waals surface area (Å²) in [5, 5.41) is 10.3. The number of hydrogen-bond acceptors (Lipinski definition) is 5. The predicted molar refractivity (Wildman–Crippen MR) is 125 cm³/mol. The number of amidine groups is 1. The molecule has 166 valence electrons. The molecule has 2 N–H and O–H groups in total. The first-order chi connectivity index (χ1) is 15.6. The molecule has 0 aliphatic carbocycles. The van der Waals surface area contributed by atoms with Crippen LogP contribution in [0.3, 0.4) is 0 Å². The van der Waals surface area contributed by atoms with Crippen LogP contribution in [0.5, 0.6) is 5.75 Å². The Morgan fingerprint density at radius 3 is 2.69 bits per heavy atom. The number of hydrogen-bond donors (Lipinski definition) is 2. The Kier molecular flexibility index (Phi) is 6.66. The molecular formula is C25H28N4O3. The Hall–Kier alpha value is -3.45. The van der Waals surface area contributed by atoms with Gasteiger partial charge in [0.2, 0.25) is 0 Å². The van der Waals surface area contributed by atoms with Gasteiger partial charge in [-0.1, -0.05) is 24.8 Å². The summed E-state index contributed by atoms with van der Waals surface area (Å²) >= 11 is 0. The summed E-state index contributed by atoms with van der Waals surface area (Å²) in [6.45, 7) is 5.74. The number of ether oxygens (including phenoxy) is 2. The monoisotopic (exact) mass is 432 g/mol. The highest BCUT2D eigenvalue weighted by molar-refractivity contribution is 6.09. The lowest BCUT2D eigenvalue weighted by Crippen LogP contribution is -2.30. The number of nitrogens with zero attached hydrogens (tertiary/aromatic N) is 2. The number of fused-ring (bicyclic) bond motifs is 1. The van der Waals surface area contributed by atoms with Crippen LogP contribution in [0.1, 0.15) is 45.8 Å². The highest BCUT2D eigenvalue weighted by Crippen LogP contribution is 2.42. The first kappa shape index (κ1) is 21.8. The molecule has 0 unspecified atom stereocenters. The van der Waals surface area contributed by atoms with Gasteiger partial charge in [0.05, 0.1) is 19.1 Å². The molecule has 2 aromatic carbocycles. The number of methoxy groups -OCH3 is 1. The van der Waals surface area contributed by atoms with E-state index >= 15 is 0 Å². The highest BCUT2D eigenvalue weighted by Gasteiger charge is 2.27. The fourth-order valence-electron chi connectivity index (χ4n) is 4.22. The van der Waals surface area contributed by atoms with Gasteiger partial charge in [0.15, 0.2) is 0 Å². The molecule has 2 aromatic rings. The summed E-state index contributed by atoms with van der Waals surface area (Å²) in [5.41, 5.74) is 4.71. The second kappa shape index (κ2) is 9.78. The first-order valence-electron chi connectivity index (χ1n) is 10.8. The maximum absolute atomic E-state index is 12.8. The van der Waals surface area contributed by atoms with Gasteiger partial charge in [0.25, 0.3) is 5.91 Å². The van der Waals surface area contributed by atoms with Gasteiger partial charge in [0, 0.05) is 37.3 Å². The van der Waals surface area contributed by atoms with Crippen molar-refractivity contribution in [1.82, 2.24) is 10.2 Å². The van der Waals surface area contributed by atoms with E-state index in [2.05, 4.69) is 18.0 Å². The van der Waals surface area contributed by atoms with Gasteiger partial charge in [-0.3, -0.25) is 10.2 Å². The normalized spacial score (nSPS) is 15.5. The number of nitrogens with one attached hydrogen (secondary N) is 2. The van der Waals surface area contributed by atoms with E-state index in [4.69, 9.17) is 19.9 Å². The number of carbonyl (C=O) groups is 1. The molecule has 2 aliphatic rings. The van der Waals surface area contributed by atoms with Crippen molar-refractivity contribution in [2.24, 2.45) is 4.99 Å². The first-order valence-corrected chi connectivity index (χ1v) is 10.8. The summed E-state index contributed by atoms with van der Waals surface area (Å²) in [6.07, 6.45) is 5.29. The van der Waals surface area contributed by atoms with Crippen LogP contribution in [-0.2, 0) is 17.7 Å². The van der Waals surface area contributed by atoms with Gasteiger partial charge in [-0.15, -0.1) is 0 Å². The minimum Gasteiger partial charge on any atom is -0.496 e. The zero-order valence-electron chi connectivity index (χ0n) is 18.3. The van der Waals surface area contributed by atoms with Crippen molar-refractivity contribution < 1.29 is 14.3 Å². The van der Waals surface area contributed by atoms with Crippen molar-refractivity contribution in [3.05, 3.63) is 71.4 Å². The molecule has 2 aliphatic heterocycles. The third-order valence-electron chi connectivity index (χ3n) is 5.98. The second-order valence-electron chi connectivity index (χ2n) is 7.94. The number of rotatable bonds is 7. The van der Waals surface area contributed by atoms with Crippen LogP contribution >= 0.6 is 0 Å². The molecule has 4 rings (SSSR count). The van der Waals surface area contributed by atoms with Crippen LogP contribution in [0.2, 0.25) is 0 Å². The summed E-state index contributed by atoms with van der Waals surface area (Å²) in [7, 11) is 1.66. The van der Waals surface area contributed by atoms with Gasteiger partial charge in [0.1, 0.15) is 11.6 Å². The largest absolute Gasteiger partial charge is 0.496 e. The van der Waals surface area contributed by atoms with Crippen molar-refractivity contribution in [2.45, 2.75) is 31.7 Å². The molecular weight excluding hydrogens is 404 g/mol. The van der Waals surface area contributed by atoms with Crippen molar-refractivity contribution in [1.29, 1.82) is 5.41 Å². The molecule has 1 fully saturated rings. The molecule has 1 saturated heterocycles. The van der Waals surface area contributed by atoms with Crippen LogP contribution in [0.25, 0.3) is 0 Å². The van der Waals surface area contributed by atoms with E-state index in [1.807, 2.05) is 18.2 Å². The van der Waals surface area contributed by atoms with E-state index in [0.717, 1.165) is 48.6 Å². The average Bonchev–Trinajstić information content (AvgIpc) is 3.26. The van der Waals surface area contributed by atoms with E-state index in [-0.39, 0.29) is 5.91 Å². The minimum absolute atomic E-state index is 0.192. The Morgan fingerprint density at radius 1 is 1.28 bits per heavy atom. The zero-order valence-corrected chi connectivity index (χ0v) is 18.3. The molecule has 7 heteroatoms. The van der Waals surface area contributed by atoms with E-state index in [9.17, 15) is 4.79 Å². The molecule has 7 nitrogen and oxygen atoms in total. The maximum Gasteiger partial charge on any atom is 0.256 e. The predicted octanol–water partition coefficient (Wildman–Crippen LogP) is 4.16. The van der Waals surface area contributed by atoms with Crippen LogP contribution in [-0.4, -0.2) is 43.3 Å². The summed E-state index contributed by atoms with van der Waals surface area (Å²) in [6, 6.07) is 11.4. The Bertz CT molecular complexity index is 1030. The second-order valence-corrected chi connectivity index (χ2v) is 7.94. The van der Waals surface area contributed by atoms with Gasteiger partial charge < -0.3 is 19.7 Å². The van der Waals surface area contributed by atoms with E-state index < -0.39 is 0 Å². The van der Waals surface area contributed by atoms with Gasteiger partial charge in [-0.25, -0.2) is 4.99 Å². The molecule has 0 spiro atoms. The van der Waals surface area contributed by atoms with Crippen LogP contribution in [0.15, 0.2) is 54.2 Å². The highest BCUT2D eigenvalue weighted by atomic mass is 16.5. The third-order valence-corrected chi connectivity index (χ3v) is 5.98. The van der Waals surface area contributed by atoms with Crippen LogP contribution < -0.4 is 10.1 Å². The minimum atomic E-state index is -0.192. The third kappa shape index (κ3) is 4.57. The van der Waals surface area contributed by atoms with Crippen LogP contribution in [0, 0.1) is 5.41 Å². The molecule has 0 saturated carbocycles. The molecule has 0 aromatic heterocycles. The molecule has 32 heavy (non-hydrogen) atoms. The van der Waals surface area contributed by atoms with Gasteiger partial charge >= 0.3 is 0 Å². The maximum atomic E-state index is 12.8. The summed E-state index contributed by atoms with van der Waals surface area (Å²) in [4.78, 5) is 19.3. The summed E-state index contributed by atoms with van der Waals surface area (Å²) < 4.78 is 11.1. The van der Waals surface area contributed by atoms with Crippen molar-refractivity contribution >= 4 is 23.8 Å². The fraction of sp³-hybridized carbons (Fsp3) is 0.320. The van der Waals surface area contributed by atoms with Gasteiger partial charge in [-0.2, -0.15) is 0 Å². The van der Waals surface area contributed by atoms with Gasteiger partial charge in [-0.05, 0) is 54.3 Å². The lowest BCUT2D eigenvalue weighted by atomic mass is 9.89. The Labute approximate surface area is 188 Å². The Balaban J connectivity index is 1.49. The number of carbonyl (C=O) groups excluding carboxylic acids is 1. The molecule has 1 amide bonds. The smallest absolute Gasteiger partial charge is 0.256 e. The van der Waals surface area contributed by atoms with Crippen molar-refractivity contribution in [3.63, 3.8) is 0 Å². The molecule has 2 heterocycles. The average molecular weight is 433 g/mol. The lowest BCUT2D eigenvalue weighted by molar-refractivity contribution is 0.0854. The number of aliphatic imine (C=N–C) groups is 1. The SMILES string of the molecule is C=CN(C=N)Cc1ccc(C(=O)NC2=Nc3c(C4CCOCC4)ccc(OC)c3C2)cc1. The van der Waals surface area contributed by atoms with Crippen molar-refractivity contribution in [3.8, 4) is 5.75 Å². The van der Waals surface area contributed by atoms with Crippen molar-refractivity contribution in [2.75, 3.05) is 20.3 Å². The fourth-order valence-corrected chi connectivity index (χ4v) is 4.22. The number of amides is 1. The topological polar surface area (TPSA) is 87.0 Å². The molecule has 0 radical (unpaired) electrons. The van der Waals surface area contributed by atoms with Crippen LogP contribution in [0.4, 0.5) is 5.69 Å². The van der Waals surface area contributed by atoms with E-state index in [1.54, 1.807) is 30.3 Å². The Morgan fingerprint density at radius 2 is 2.03 bits per heavy atom. The summed E-state index contributed by atoms with van der Waals surface area (Å²) in [5.74, 6) is 1.65. The molecule has 0 atom stereocenters. The zero-order chi connectivity index (χ0) is 22.5. The standard InChI is InChI=1S/C25H28N4O3/c1-3-29(16-26)15-17-4-6-19(7-5-17)25(30)28-23-14-21-22(31-2)9-8-20(24(21)27-23)18-10-12-32-13-11-18/h3-9,16,18,26H,1,10-15H2,2H3,(H,27,28,30). The van der Waals surface area contributed by atoms with E-state index in [0.29, 0.717) is 30.3 Å². The molecule has 0 bridgehead atoms. The quantitative estimate of drug-likeness (QED) is 0.508. The number of benzene rings is 2. The lowest BCUT2D eigenvalue weighted by Gasteiger charge is -2.24. The van der Waals surface area contributed by atoms with E-state index in [1.165, 1.54) is 11.9 Å².